The summed E-state index contributed by atoms with van der Waals surface area (Å²) in [4.78, 5) is 2.37. The molecule has 1 aromatic rings. The SMILES string of the molecule is COc1cc(OC)c(N2CCNC(C)(C3CC3)C2)cc1Cl. The maximum Gasteiger partial charge on any atom is 0.145 e. The molecule has 1 heterocycles. The fourth-order valence-corrected chi connectivity index (χ4v) is 3.53. The number of methoxy groups -OCH3 is 2. The van der Waals surface area contributed by atoms with E-state index in [9.17, 15) is 0 Å². The number of hydrogen-bond acceptors (Lipinski definition) is 4. The minimum Gasteiger partial charge on any atom is -0.495 e. The van der Waals surface area contributed by atoms with Crippen LogP contribution in [0.15, 0.2) is 12.1 Å². The molecule has 1 saturated carbocycles. The second kappa shape index (κ2) is 5.58. The maximum atomic E-state index is 6.30. The topological polar surface area (TPSA) is 33.7 Å². The Morgan fingerprint density at radius 1 is 1.24 bits per heavy atom. The van der Waals surface area contributed by atoms with Crippen LogP contribution in [0.1, 0.15) is 19.8 Å². The van der Waals surface area contributed by atoms with E-state index in [0.717, 1.165) is 37.0 Å². The molecule has 1 aliphatic heterocycles. The number of halogens is 1. The van der Waals surface area contributed by atoms with E-state index in [0.29, 0.717) is 10.8 Å². The molecule has 1 aromatic carbocycles. The zero-order valence-corrected chi connectivity index (χ0v) is 13.7. The summed E-state index contributed by atoms with van der Waals surface area (Å²) >= 11 is 6.30. The third-order valence-corrected chi connectivity index (χ3v) is 5.00. The first-order valence-electron chi connectivity index (χ1n) is 7.49. The Balaban J connectivity index is 1.90. The van der Waals surface area contributed by atoms with Crippen molar-refractivity contribution in [2.45, 2.75) is 25.3 Å². The maximum absolute atomic E-state index is 6.30. The van der Waals surface area contributed by atoms with Crippen LogP contribution in [0.5, 0.6) is 11.5 Å². The van der Waals surface area contributed by atoms with Crippen molar-refractivity contribution in [3.8, 4) is 11.5 Å². The van der Waals surface area contributed by atoms with Gasteiger partial charge in [0, 0.05) is 31.2 Å². The summed E-state index contributed by atoms with van der Waals surface area (Å²) in [7, 11) is 3.31. The van der Waals surface area contributed by atoms with Crippen molar-refractivity contribution in [2.24, 2.45) is 5.92 Å². The number of nitrogens with zero attached hydrogens (tertiary/aromatic N) is 1. The number of benzene rings is 1. The molecule has 0 radical (unpaired) electrons. The van der Waals surface area contributed by atoms with E-state index in [1.165, 1.54) is 12.8 Å². The van der Waals surface area contributed by atoms with Crippen LogP contribution in [-0.2, 0) is 0 Å². The second-order valence-electron chi connectivity index (χ2n) is 6.20. The van der Waals surface area contributed by atoms with Gasteiger partial charge < -0.3 is 19.7 Å². The first-order valence-corrected chi connectivity index (χ1v) is 7.86. The summed E-state index contributed by atoms with van der Waals surface area (Å²) in [5.41, 5.74) is 1.24. The van der Waals surface area contributed by atoms with Crippen LogP contribution in [0.3, 0.4) is 0 Å². The molecule has 0 amide bonds. The van der Waals surface area contributed by atoms with Gasteiger partial charge in [0.25, 0.3) is 0 Å². The van der Waals surface area contributed by atoms with Crippen molar-refractivity contribution in [3.05, 3.63) is 17.2 Å². The third-order valence-electron chi connectivity index (χ3n) is 4.70. The molecule has 21 heavy (non-hydrogen) atoms. The Kier molecular flexibility index (Phi) is 3.93. The summed E-state index contributed by atoms with van der Waals surface area (Å²) < 4.78 is 10.8. The number of hydrogen-bond donors (Lipinski definition) is 1. The van der Waals surface area contributed by atoms with Crippen LogP contribution in [0, 0.1) is 5.92 Å². The molecule has 1 atom stereocenters. The van der Waals surface area contributed by atoms with Crippen LogP contribution in [0.2, 0.25) is 5.02 Å². The molecule has 0 bridgehead atoms. The highest BCUT2D eigenvalue weighted by Gasteiger charge is 2.44. The smallest absolute Gasteiger partial charge is 0.145 e. The van der Waals surface area contributed by atoms with Gasteiger partial charge in [-0.15, -0.1) is 0 Å². The molecule has 1 unspecified atom stereocenters. The van der Waals surface area contributed by atoms with Gasteiger partial charge in [-0.05, 0) is 31.7 Å². The van der Waals surface area contributed by atoms with E-state index in [-0.39, 0.29) is 5.54 Å². The monoisotopic (exact) mass is 310 g/mol. The number of rotatable bonds is 4. The lowest BCUT2D eigenvalue weighted by Crippen LogP contribution is -2.60. The molecular weight excluding hydrogens is 288 g/mol. The first-order chi connectivity index (χ1) is 10.1. The molecule has 0 spiro atoms. The number of piperazine rings is 1. The van der Waals surface area contributed by atoms with Crippen molar-refractivity contribution < 1.29 is 9.47 Å². The summed E-state index contributed by atoms with van der Waals surface area (Å²) in [6.07, 6.45) is 2.66. The molecule has 116 valence electrons. The lowest BCUT2D eigenvalue weighted by atomic mass is 9.92. The minimum absolute atomic E-state index is 0.190. The van der Waals surface area contributed by atoms with Crippen molar-refractivity contribution in [3.63, 3.8) is 0 Å². The zero-order valence-electron chi connectivity index (χ0n) is 12.9. The van der Waals surface area contributed by atoms with Crippen LogP contribution in [0.4, 0.5) is 5.69 Å². The molecule has 4 nitrogen and oxygen atoms in total. The van der Waals surface area contributed by atoms with E-state index in [2.05, 4.69) is 17.1 Å². The molecular formula is C16H23ClN2O2. The third kappa shape index (κ3) is 2.79. The van der Waals surface area contributed by atoms with Crippen molar-refractivity contribution in [1.82, 2.24) is 5.32 Å². The van der Waals surface area contributed by atoms with Crippen LogP contribution >= 0.6 is 11.6 Å². The number of anilines is 1. The van der Waals surface area contributed by atoms with Gasteiger partial charge in [-0.2, -0.15) is 0 Å². The highest BCUT2D eigenvalue weighted by atomic mass is 35.5. The highest BCUT2D eigenvalue weighted by Crippen LogP contribution is 2.43. The van der Waals surface area contributed by atoms with Gasteiger partial charge in [0.05, 0.1) is 24.9 Å². The molecule has 2 fully saturated rings. The first kappa shape index (κ1) is 14.8. The van der Waals surface area contributed by atoms with E-state index in [1.54, 1.807) is 14.2 Å². The van der Waals surface area contributed by atoms with Gasteiger partial charge >= 0.3 is 0 Å². The largest absolute Gasteiger partial charge is 0.495 e. The van der Waals surface area contributed by atoms with Gasteiger partial charge in [-0.25, -0.2) is 0 Å². The standard InChI is InChI=1S/C16H23ClN2O2/c1-16(11-4-5-11)10-19(7-6-18-16)13-8-12(17)14(20-2)9-15(13)21-3/h8-9,11,18H,4-7,10H2,1-3H3. The van der Waals surface area contributed by atoms with E-state index < -0.39 is 0 Å². The van der Waals surface area contributed by atoms with Crippen LogP contribution in [0.25, 0.3) is 0 Å². The van der Waals surface area contributed by atoms with Crippen LogP contribution in [-0.4, -0.2) is 39.4 Å². The van der Waals surface area contributed by atoms with E-state index in [1.807, 2.05) is 12.1 Å². The average Bonchev–Trinajstić information content (AvgIpc) is 3.32. The molecule has 1 saturated heterocycles. The van der Waals surface area contributed by atoms with E-state index >= 15 is 0 Å². The molecule has 0 aromatic heterocycles. The summed E-state index contributed by atoms with van der Waals surface area (Å²) in [6, 6.07) is 3.83. The van der Waals surface area contributed by atoms with Crippen molar-refractivity contribution >= 4 is 17.3 Å². The number of ether oxygens (including phenoxy) is 2. The van der Waals surface area contributed by atoms with Gasteiger partial charge in [0.1, 0.15) is 11.5 Å². The Hall–Kier alpha value is -1.13. The van der Waals surface area contributed by atoms with Gasteiger partial charge in [-0.1, -0.05) is 11.6 Å². The van der Waals surface area contributed by atoms with Gasteiger partial charge in [0.2, 0.25) is 0 Å². The predicted molar refractivity (Wildman–Crippen MR) is 85.9 cm³/mol. The molecule has 1 aliphatic carbocycles. The highest BCUT2D eigenvalue weighted by molar-refractivity contribution is 6.32. The fourth-order valence-electron chi connectivity index (χ4n) is 3.30. The fraction of sp³-hybridized carbons (Fsp3) is 0.625. The normalized spacial score (nSPS) is 25.8. The zero-order chi connectivity index (χ0) is 15.0. The predicted octanol–water partition coefficient (Wildman–Crippen LogP) is 2.94. The number of nitrogens with one attached hydrogen (secondary N) is 1. The summed E-state index contributed by atoms with van der Waals surface area (Å²) in [5, 5.41) is 4.32. The molecule has 2 aliphatic rings. The molecule has 5 heteroatoms. The van der Waals surface area contributed by atoms with Gasteiger partial charge in [-0.3, -0.25) is 0 Å². The van der Waals surface area contributed by atoms with Crippen molar-refractivity contribution in [2.75, 3.05) is 38.8 Å². The second-order valence-corrected chi connectivity index (χ2v) is 6.61. The Morgan fingerprint density at radius 2 is 1.95 bits per heavy atom. The lowest BCUT2D eigenvalue weighted by molar-refractivity contribution is 0.284. The molecule has 3 rings (SSSR count). The van der Waals surface area contributed by atoms with Crippen LogP contribution < -0.4 is 19.7 Å². The van der Waals surface area contributed by atoms with Gasteiger partial charge in [0.15, 0.2) is 0 Å². The lowest BCUT2D eigenvalue weighted by Gasteiger charge is -2.43. The molecule has 1 N–H and O–H groups in total. The van der Waals surface area contributed by atoms with E-state index in [4.69, 9.17) is 21.1 Å². The Morgan fingerprint density at radius 3 is 2.57 bits per heavy atom. The quantitative estimate of drug-likeness (QED) is 0.927. The average molecular weight is 311 g/mol. The summed E-state index contributed by atoms with van der Waals surface area (Å²) in [5.74, 6) is 2.26. The Labute approximate surface area is 131 Å². The summed E-state index contributed by atoms with van der Waals surface area (Å²) in [6.45, 7) is 5.26. The Bertz CT molecular complexity index is 533. The minimum atomic E-state index is 0.190. The van der Waals surface area contributed by atoms with Crippen molar-refractivity contribution in [1.29, 1.82) is 0 Å².